The van der Waals surface area contributed by atoms with Crippen molar-refractivity contribution in [3.05, 3.63) is 29.8 Å². The van der Waals surface area contributed by atoms with Crippen molar-refractivity contribution >= 4 is 5.91 Å². The van der Waals surface area contributed by atoms with E-state index in [1.54, 1.807) is 7.11 Å². The fourth-order valence-corrected chi connectivity index (χ4v) is 2.84. The van der Waals surface area contributed by atoms with Gasteiger partial charge in [-0.15, -0.1) is 0 Å². The molecule has 1 aliphatic carbocycles. The fraction of sp³-hybridized carbons (Fsp3) is 0.562. The van der Waals surface area contributed by atoms with Gasteiger partial charge in [0.25, 0.3) is 0 Å². The normalized spacial score (nSPS) is 16.6. The van der Waals surface area contributed by atoms with Crippen molar-refractivity contribution in [2.75, 3.05) is 34.3 Å². The number of likely N-dealkylation sites (N-methyl/N-ethyl adjacent to an activating group) is 1. The van der Waals surface area contributed by atoms with Crippen LogP contribution in [0.4, 0.5) is 0 Å². The Labute approximate surface area is 121 Å². The van der Waals surface area contributed by atoms with E-state index in [-0.39, 0.29) is 11.3 Å². The standard InChI is InChI=1S/C16H24N2O2/c1-18(2)11-15(19)17-12-16(9-6-10-16)13-7-4-5-8-14(13)20-3/h4-5,7-8H,6,9-12H2,1-3H3,(H,17,19). The van der Waals surface area contributed by atoms with Crippen LogP contribution in [0.5, 0.6) is 5.75 Å². The molecule has 0 heterocycles. The Morgan fingerprint density at radius 2 is 2.05 bits per heavy atom. The molecule has 4 nitrogen and oxygen atoms in total. The van der Waals surface area contributed by atoms with Crippen molar-refractivity contribution in [1.29, 1.82) is 0 Å². The Hall–Kier alpha value is -1.55. The number of hydrogen-bond donors (Lipinski definition) is 1. The van der Waals surface area contributed by atoms with Gasteiger partial charge in [0.1, 0.15) is 5.75 Å². The monoisotopic (exact) mass is 276 g/mol. The molecule has 1 fully saturated rings. The molecule has 0 aliphatic heterocycles. The highest BCUT2D eigenvalue weighted by Crippen LogP contribution is 2.46. The first-order valence-electron chi connectivity index (χ1n) is 7.12. The molecular formula is C16H24N2O2. The van der Waals surface area contributed by atoms with Crippen LogP contribution in [-0.4, -0.2) is 45.1 Å². The number of ether oxygens (including phenoxy) is 1. The minimum atomic E-state index is 0.0502. The van der Waals surface area contributed by atoms with Crippen LogP contribution >= 0.6 is 0 Å². The van der Waals surface area contributed by atoms with Gasteiger partial charge in [0.2, 0.25) is 5.91 Å². The fourth-order valence-electron chi connectivity index (χ4n) is 2.84. The molecule has 0 unspecified atom stereocenters. The Morgan fingerprint density at radius 1 is 1.35 bits per heavy atom. The van der Waals surface area contributed by atoms with Gasteiger partial charge >= 0.3 is 0 Å². The molecule has 1 saturated carbocycles. The van der Waals surface area contributed by atoms with E-state index in [9.17, 15) is 4.79 Å². The molecule has 2 rings (SSSR count). The highest BCUT2D eigenvalue weighted by molar-refractivity contribution is 5.78. The first-order valence-corrected chi connectivity index (χ1v) is 7.12. The quantitative estimate of drug-likeness (QED) is 0.861. The Morgan fingerprint density at radius 3 is 2.60 bits per heavy atom. The maximum atomic E-state index is 11.8. The summed E-state index contributed by atoms with van der Waals surface area (Å²) in [5.74, 6) is 1.00. The Balaban J connectivity index is 2.08. The average molecular weight is 276 g/mol. The second-order valence-electron chi connectivity index (χ2n) is 5.85. The van der Waals surface area contributed by atoms with Crippen LogP contribution in [0.25, 0.3) is 0 Å². The zero-order valence-corrected chi connectivity index (χ0v) is 12.6. The molecule has 0 aromatic heterocycles. The van der Waals surface area contributed by atoms with Gasteiger partial charge in [-0.05, 0) is 33.0 Å². The average Bonchev–Trinajstić information content (AvgIpc) is 2.37. The molecule has 1 aromatic rings. The predicted octanol–water partition coefficient (Wildman–Crippen LogP) is 1.79. The lowest BCUT2D eigenvalue weighted by Crippen LogP contribution is -2.47. The highest BCUT2D eigenvalue weighted by atomic mass is 16.5. The van der Waals surface area contributed by atoms with E-state index in [0.717, 1.165) is 18.6 Å². The largest absolute Gasteiger partial charge is 0.496 e. The number of methoxy groups -OCH3 is 1. The van der Waals surface area contributed by atoms with Gasteiger partial charge in [-0.3, -0.25) is 4.79 Å². The second-order valence-corrected chi connectivity index (χ2v) is 5.85. The third-order valence-corrected chi connectivity index (χ3v) is 4.07. The number of nitrogens with zero attached hydrogens (tertiary/aromatic N) is 1. The van der Waals surface area contributed by atoms with Crippen LogP contribution < -0.4 is 10.1 Å². The van der Waals surface area contributed by atoms with Crippen molar-refractivity contribution in [1.82, 2.24) is 10.2 Å². The van der Waals surface area contributed by atoms with Gasteiger partial charge in [0.15, 0.2) is 0 Å². The summed E-state index contributed by atoms with van der Waals surface area (Å²) in [7, 11) is 5.51. The molecule has 0 atom stereocenters. The molecule has 0 saturated heterocycles. The third kappa shape index (κ3) is 3.12. The number of carbonyl (C=O) groups excluding carboxylic acids is 1. The predicted molar refractivity (Wildman–Crippen MR) is 80.1 cm³/mol. The zero-order valence-electron chi connectivity index (χ0n) is 12.6. The lowest BCUT2D eigenvalue weighted by Gasteiger charge is -2.43. The molecule has 4 heteroatoms. The summed E-state index contributed by atoms with van der Waals surface area (Å²) in [6, 6.07) is 8.14. The van der Waals surface area contributed by atoms with Crippen molar-refractivity contribution < 1.29 is 9.53 Å². The van der Waals surface area contributed by atoms with Crippen LogP contribution in [0.1, 0.15) is 24.8 Å². The third-order valence-electron chi connectivity index (χ3n) is 4.07. The van der Waals surface area contributed by atoms with Crippen molar-refractivity contribution in [2.45, 2.75) is 24.7 Å². The van der Waals surface area contributed by atoms with E-state index in [2.05, 4.69) is 11.4 Å². The van der Waals surface area contributed by atoms with E-state index in [1.165, 1.54) is 12.0 Å². The molecule has 0 radical (unpaired) electrons. The van der Waals surface area contributed by atoms with Crippen LogP contribution in [-0.2, 0) is 10.2 Å². The maximum Gasteiger partial charge on any atom is 0.234 e. The van der Waals surface area contributed by atoms with Gasteiger partial charge < -0.3 is 15.0 Å². The molecule has 0 spiro atoms. The molecule has 1 N–H and O–H groups in total. The molecule has 1 aromatic carbocycles. The number of para-hydroxylation sites is 1. The van der Waals surface area contributed by atoms with E-state index in [1.807, 2.05) is 37.2 Å². The van der Waals surface area contributed by atoms with E-state index in [4.69, 9.17) is 4.74 Å². The van der Waals surface area contributed by atoms with Crippen LogP contribution in [0, 0.1) is 0 Å². The van der Waals surface area contributed by atoms with E-state index < -0.39 is 0 Å². The SMILES string of the molecule is COc1ccccc1C1(CNC(=O)CN(C)C)CCC1. The van der Waals surface area contributed by atoms with Gasteiger partial charge in [-0.25, -0.2) is 0 Å². The number of carbonyl (C=O) groups is 1. The molecular weight excluding hydrogens is 252 g/mol. The van der Waals surface area contributed by atoms with Gasteiger partial charge in [-0.1, -0.05) is 24.6 Å². The smallest absolute Gasteiger partial charge is 0.234 e. The van der Waals surface area contributed by atoms with Crippen LogP contribution in [0.2, 0.25) is 0 Å². The van der Waals surface area contributed by atoms with E-state index in [0.29, 0.717) is 13.1 Å². The summed E-state index contributed by atoms with van der Waals surface area (Å²) in [6.07, 6.45) is 3.42. The minimum absolute atomic E-state index is 0.0502. The number of amides is 1. The van der Waals surface area contributed by atoms with Crippen LogP contribution in [0.15, 0.2) is 24.3 Å². The minimum Gasteiger partial charge on any atom is -0.496 e. The van der Waals surface area contributed by atoms with Crippen molar-refractivity contribution in [3.63, 3.8) is 0 Å². The zero-order chi connectivity index (χ0) is 14.6. The van der Waals surface area contributed by atoms with Gasteiger partial charge in [0.05, 0.1) is 13.7 Å². The number of benzene rings is 1. The summed E-state index contributed by atoms with van der Waals surface area (Å²) >= 11 is 0. The highest BCUT2D eigenvalue weighted by Gasteiger charge is 2.40. The number of hydrogen-bond acceptors (Lipinski definition) is 3. The summed E-state index contributed by atoms with van der Waals surface area (Å²) in [5.41, 5.74) is 1.27. The lowest BCUT2D eigenvalue weighted by atomic mass is 9.64. The maximum absolute atomic E-state index is 11.8. The molecule has 110 valence electrons. The molecule has 20 heavy (non-hydrogen) atoms. The number of rotatable bonds is 6. The summed E-state index contributed by atoms with van der Waals surface area (Å²) in [6.45, 7) is 1.13. The molecule has 1 aliphatic rings. The van der Waals surface area contributed by atoms with Crippen molar-refractivity contribution in [2.24, 2.45) is 0 Å². The van der Waals surface area contributed by atoms with Crippen molar-refractivity contribution in [3.8, 4) is 5.75 Å². The Kier molecular flexibility index (Phi) is 4.65. The van der Waals surface area contributed by atoms with Crippen LogP contribution in [0.3, 0.4) is 0 Å². The first-order chi connectivity index (χ1) is 9.57. The first kappa shape index (κ1) is 14.9. The second kappa shape index (κ2) is 6.27. The molecule has 0 bridgehead atoms. The van der Waals surface area contributed by atoms with Gasteiger partial charge in [0, 0.05) is 17.5 Å². The summed E-state index contributed by atoms with van der Waals surface area (Å²) in [4.78, 5) is 13.7. The topological polar surface area (TPSA) is 41.6 Å². The molecule has 1 amide bonds. The summed E-state index contributed by atoms with van der Waals surface area (Å²) < 4.78 is 5.48. The van der Waals surface area contributed by atoms with Gasteiger partial charge in [-0.2, -0.15) is 0 Å². The summed E-state index contributed by atoms with van der Waals surface area (Å²) in [5, 5.41) is 3.07. The lowest BCUT2D eigenvalue weighted by molar-refractivity contribution is -0.122. The number of nitrogens with one attached hydrogen (secondary N) is 1. The Bertz CT molecular complexity index is 467. The van der Waals surface area contributed by atoms with E-state index >= 15 is 0 Å².